The number of hydrogen-bond acceptors (Lipinski definition) is 2. The van der Waals surface area contributed by atoms with Gasteiger partial charge in [0.2, 0.25) is 0 Å². The lowest BCUT2D eigenvalue weighted by Gasteiger charge is -2.48. The molecule has 0 aromatic heterocycles. The highest BCUT2D eigenvalue weighted by atomic mass is 35.5. The molecule has 1 atom stereocenters. The summed E-state index contributed by atoms with van der Waals surface area (Å²) in [6, 6.07) is 7.94. The second-order valence-corrected chi connectivity index (χ2v) is 5.73. The van der Waals surface area contributed by atoms with Crippen LogP contribution in [0, 0.1) is 5.41 Å². The van der Waals surface area contributed by atoms with E-state index in [1.807, 2.05) is 12.1 Å². The van der Waals surface area contributed by atoms with Crippen molar-refractivity contribution >= 4 is 11.6 Å². The minimum absolute atomic E-state index is 0.0546. The van der Waals surface area contributed by atoms with Gasteiger partial charge in [0, 0.05) is 17.1 Å². The Kier molecular flexibility index (Phi) is 2.99. The van der Waals surface area contributed by atoms with Crippen LogP contribution >= 0.6 is 11.6 Å². The molecule has 0 radical (unpaired) electrons. The third-order valence-corrected chi connectivity index (χ3v) is 4.08. The molecule has 88 valence electrons. The summed E-state index contributed by atoms with van der Waals surface area (Å²) in [5.74, 6) is 0. The normalized spacial score (nSPS) is 29.0. The van der Waals surface area contributed by atoms with Gasteiger partial charge in [-0.15, -0.1) is 0 Å². The van der Waals surface area contributed by atoms with Crippen molar-refractivity contribution in [2.24, 2.45) is 11.1 Å². The van der Waals surface area contributed by atoms with Crippen LogP contribution in [0.25, 0.3) is 0 Å². The lowest BCUT2D eigenvalue weighted by molar-refractivity contribution is 0.114. The van der Waals surface area contributed by atoms with E-state index in [0.29, 0.717) is 0 Å². The van der Waals surface area contributed by atoms with Gasteiger partial charge in [-0.3, -0.25) is 0 Å². The number of piperidine rings is 1. The van der Waals surface area contributed by atoms with E-state index in [1.165, 1.54) is 5.56 Å². The average Bonchev–Trinajstić information content (AvgIpc) is 2.23. The fourth-order valence-corrected chi connectivity index (χ4v) is 2.59. The van der Waals surface area contributed by atoms with Gasteiger partial charge in [-0.1, -0.05) is 37.6 Å². The first kappa shape index (κ1) is 11.9. The Morgan fingerprint density at radius 3 is 2.44 bits per heavy atom. The third-order valence-electron chi connectivity index (χ3n) is 3.83. The molecule has 1 fully saturated rings. The van der Waals surface area contributed by atoms with E-state index >= 15 is 0 Å². The van der Waals surface area contributed by atoms with E-state index in [9.17, 15) is 0 Å². The zero-order chi connectivity index (χ0) is 11.8. The van der Waals surface area contributed by atoms with Crippen molar-refractivity contribution in [2.45, 2.75) is 25.8 Å². The number of nitrogens with two attached hydrogens (primary N) is 1. The Morgan fingerprint density at radius 2 is 1.88 bits per heavy atom. The summed E-state index contributed by atoms with van der Waals surface area (Å²) in [7, 11) is 0. The van der Waals surface area contributed by atoms with Crippen LogP contribution in [0.3, 0.4) is 0 Å². The predicted octanol–water partition coefficient (Wildman–Crippen LogP) is 2.51. The molecule has 0 aliphatic carbocycles. The lowest BCUT2D eigenvalue weighted by Crippen LogP contribution is -2.59. The fourth-order valence-electron chi connectivity index (χ4n) is 2.46. The highest BCUT2D eigenvalue weighted by Crippen LogP contribution is 2.41. The van der Waals surface area contributed by atoms with E-state index in [4.69, 9.17) is 17.3 Å². The fraction of sp³-hybridized carbons (Fsp3) is 0.538. The Bertz CT molecular complexity index is 372. The molecule has 3 N–H and O–H groups in total. The van der Waals surface area contributed by atoms with Gasteiger partial charge < -0.3 is 11.1 Å². The molecule has 0 bridgehead atoms. The minimum Gasteiger partial charge on any atom is -0.321 e. The predicted molar refractivity (Wildman–Crippen MR) is 68.6 cm³/mol. The summed E-state index contributed by atoms with van der Waals surface area (Å²) >= 11 is 5.91. The van der Waals surface area contributed by atoms with Crippen molar-refractivity contribution in [3.8, 4) is 0 Å². The number of halogens is 1. The van der Waals surface area contributed by atoms with Crippen molar-refractivity contribution in [3.63, 3.8) is 0 Å². The Hall–Kier alpha value is -0.570. The van der Waals surface area contributed by atoms with Gasteiger partial charge in [0.15, 0.2) is 0 Å². The molecule has 1 heterocycles. The summed E-state index contributed by atoms with van der Waals surface area (Å²) < 4.78 is 0. The number of hydrogen-bond donors (Lipinski definition) is 2. The van der Waals surface area contributed by atoms with Gasteiger partial charge in [-0.2, -0.15) is 0 Å². The molecule has 1 aliphatic heterocycles. The maximum atomic E-state index is 6.63. The Balaban J connectivity index is 2.39. The van der Waals surface area contributed by atoms with Crippen molar-refractivity contribution in [1.29, 1.82) is 0 Å². The monoisotopic (exact) mass is 238 g/mol. The van der Waals surface area contributed by atoms with Crippen LogP contribution in [0.1, 0.15) is 25.8 Å². The molecule has 16 heavy (non-hydrogen) atoms. The maximum absolute atomic E-state index is 6.63. The molecule has 1 aromatic rings. The highest BCUT2D eigenvalue weighted by molar-refractivity contribution is 6.30. The van der Waals surface area contributed by atoms with Crippen LogP contribution in [0.15, 0.2) is 24.3 Å². The lowest BCUT2D eigenvalue weighted by atomic mass is 9.65. The first-order valence-corrected chi connectivity index (χ1v) is 6.09. The number of rotatable bonds is 1. The molecule has 0 spiro atoms. The van der Waals surface area contributed by atoms with Crippen LogP contribution < -0.4 is 11.1 Å². The standard InChI is InChI=1S/C13H19ClN2/c1-12(2)9-16-8-7-13(12,15)10-3-5-11(14)6-4-10/h3-6,16H,7-9,15H2,1-2H3. The summed E-state index contributed by atoms with van der Waals surface area (Å²) in [6.07, 6.45) is 0.960. The molecule has 1 saturated heterocycles. The molecule has 2 rings (SSSR count). The summed E-state index contributed by atoms with van der Waals surface area (Å²) in [4.78, 5) is 0. The van der Waals surface area contributed by atoms with E-state index in [2.05, 4.69) is 31.3 Å². The minimum atomic E-state index is -0.261. The molecule has 2 nitrogen and oxygen atoms in total. The molecule has 1 unspecified atom stereocenters. The van der Waals surface area contributed by atoms with E-state index in [1.54, 1.807) is 0 Å². The zero-order valence-corrected chi connectivity index (χ0v) is 10.6. The van der Waals surface area contributed by atoms with Gasteiger partial charge in [0.1, 0.15) is 0 Å². The van der Waals surface area contributed by atoms with Crippen LogP contribution in [0.5, 0.6) is 0 Å². The van der Waals surface area contributed by atoms with Crippen LogP contribution in [-0.4, -0.2) is 13.1 Å². The molecule has 0 amide bonds. The molecule has 0 saturated carbocycles. The van der Waals surface area contributed by atoms with E-state index < -0.39 is 0 Å². The van der Waals surface area contributed by atoms with Gasteiger partial charge in [-0.05, 0) is 36.1 Å². The quantitative estimate of drug-likeness (QED) is 0.789. The molecule has 1 aromatic carbocycles. The van der Waals surface area contributed by atoms with Gasteiger partial charge in [0.25, 0.3) is 0 Å². The first-order chi connectivity index (χ1) is 7.46. The highest BCUT2D eigenvalue weighted by Gasteiger charge is 2.44. The van der Waals surface area contributed by atoms with Crippen molar-refractivity contribution in [1.82, 2.24) is 5.32 Å². The van der Waals surface area contributed by atoms with Crippen molar-refractivity contribution < 1.29 is 0 Å². The SMILES string of the molecule is CC1(C)CNCCC1(N)c1ccc(Cl)cc1. The van der Waals surface area contributed by atoms with Gasteiger partial charge >= 0.3 is 0 Å². The van der Waals surface area contributed by atoms with Gasteiger partial charge in [-0.25, -0.2) is 0 Å². The molecule has 3 heteroatoms. The summed E-state index contributed by atoms with van der Waals surface area (Å²) in [5, 5.41) is 4.17. The maximum Gasteiger partial charge on any atom is 0.0485 e. The van der Waals surface area contributed by atoms with Crippen LogP contribution in [0.2, 0.25) is 5.02 Å². The van der Waals surface area contributed by atoms with E-state index in [-0.39, 0.29) is 11.0 Å². The molecular weight excluding hydrogens is 220 g/mol. The smallest absolute Gasteiger partial charge is 0.0485 e. The van der Waals surface area contributed by atoms with Crippen molar-refractivity contribution in [3.05, 3.63) is 34.9 Å². The van der Waals surface area contributed by atoms with Crippen LogP contribution in [-0.2, 0) is 5.54 Å². The Labute approximate surface area is 102 Å². The molecular formula is C13H19ClN2. The van der Waals surface area contributed by atoms with E-state index in [0.717, 1.165) is 24.5 Å². The second kappa shape index (κ2) is 4.02. The van der Waals surface area contributed by atoms with Crippen molar-refractivity contribution in [2.75, 3.05) is 13.1 Å². The topological polar surface area (TPSA) is 38.0 Å². The summed E-state index contributed by atoms with van der Waals surface area (Å²) in [6.45, 7) is 6.36. The third kappa shape index (κ3) is 1.86. The average molecular weight is 239 g/mol. The summed E-state index contributed by atoms with van der Waals surface area (Å²) in [5.41, 5.74) is 7.60. The first-order valence-electron chi connectivity index (χ1n) is 5.71. The number of benzene rings is 1. The zero-order valence-electron chi connectivity index (χ0n) is 9.89. The van der Waals surface area contributed by atoms with Crippen LogP contribution in [0.4, 0.5) is 0 Å². The molecule has 1 aliphatic rings. The number of nitrogens with one attached hydrogen (secondary N) is 1. The van der Waals surface area contributed by atoms with Gasteiger partial charge in [0.05, 0.1) is 0 Å². The Morgan fingerprint density at radius 1 is 1.25 bits per heavy atom. The largest absolute Gasteiger partial charge is 0.321 e. The second-order valence-electron chi connectivity index (χ2n) is 5.29.